The second kappa shape index (κ2) is 16.0. The number of rotatable bonds is 14. The van der Waals surface area contributed by atoms with Gasteiger partial charge in [0.05, 0.1) is 30.0 Å². The molecule has 1 amide bonds. The molecule has 1 aliphatic heterocycles. The van der Waals surface area contributed by atoms with Crippen LogP contribution in [0.3, 0.4) is 0 Å². The lowest BCUT2D eigenvalue weighted by Crippen LogP contribution is -2.42. The first-order valence-corrected chi connectivity index (χ1v) is 15.5. The monoisotopic (exact) mass is 664 g/mol. The van der Waals surface area contributed by atoms with Gasteiger partial charge in [0.25, 0.3) is 5.56 Å². The molecule has 0 spiro atoms. The maximum Gasteiger partial charge on any atom is 0.471 e. The van der Waals surface area contributed by atoms with Gasteiger partial charge in [-0.15, -0.1) is 0 Å². The molecule has 1 saturated heterocycles. The number of methoxy groups -OCH3 is 1. The number of carbonyl (C=O) groups is 1. The van der Waals surface area contributed by atoms with Gasteiger partial charge < -0.3 is 38.8 Å². The van der Waals surface area contributed by atoms with Crippen molar-refractivity contribution in [2.24, 2.45) is 4.99 Å². The zero-order valence-corrected chi connectivity index (χ0v) is 26.4. The average Bonchev–Trinajstić information content (AvgIpc) is 3.53. The highest BCUT2D eigenvalue weighted by molar-refractivity contribution is 8.77. The number of halogens is 3. The van der Waals surface area contributed by atoms with E-state index in [0.29, 0.717) is 12.0 Å². The van der Waals surface area contributed by atoms with Crippen LogP contribution in [0, 0.1) is 11.8 Å². The van der Waals surface area contributed by atoms with Crippen molar-refractivity contribution >= 4 is 50.8 Å². The van der Waals surface area contributed by atoms with Crippen LogP contribution in [0.15, 0.2) is 16.0 Å². The summed E-state index contributed by atoms with van der Waals surface area (Å²) in [6.45, 7) is 2.95. The molecular weight excluding hydrogens is 629 g/mol. The fraction of sp³-hybridized carbons (Fsp3) is 0.615. The number of aliphatic hydroxyl groups is 1. The Kier molecular flexibility index (Phi) is 13.0. The maximum absolute atomic E-state index is 13.1. The van der Waals surface area contributed by atoms with Crippen molar-refractivity contribution in [1.82, 2.24) is 24.8 Å². The van der Waals surface area contributed by atoms with Crippen LogP contribution in [-0.2, 0) is 23.7 Å². The molecule has 3 atom stereocenters. The quantitative estimate of drug-likeness (QED) is 0.0682. The Morgan fingerprint density at radius 1 is 1.41 bits per heavy atom. The van der Waals surface area contributed by atoms with Gasteiger partial charge in [0.15, 0.2) is 5.65 Å². The fourth-order valence-corrected chi connectivity index (χ4v) is 6.05. The molecule has 0 radical (unpaired) electrons. The molecular formula is C26H35F3N6O7S2. The standard InChI is InChI=1S/C26H35F3N6O7S2/c1-25(2,12-30-23(38)26(27,28)29)44-43-15-40-8-6-7-16-10-35(19-9-17(41-14-39-5)18(11-36)42-19)21-20(16)22(37)33-24(32-21)31-13-34(3)4/h10,13,17-19,36H,8-9,11-12,14-15H2,1-5H3,(H,30,38)(H,32,33,37)/t17?,18-,19-/m1/s1. The molecule has 1 unspecified atom stereocenters. The number of aliphatic imine (C=N–C) groups is 1. The average molecular weight is 665 g/mol. The molecule has 244 valence electrons. The third-order valence-corrected chi connectivity index (χ3v) is 8.87. The van der Waals surface area contributed by atoms with Crippen molar-refractivity contribution in [3.8, 4) is 11.8 Å². The van der Waals surface area contributed by atoms with Crippen LogP contribution in [-0.4, -0.2) is 114 Å². The van der Waals surface area contributed by atoms with Gasteiger partial charge in [0, 0.05) is 45.1 Å². The molecule has 0 aromatic carbocycles. The number of aromatic nitrogens is 3. The molecule has 2 aromatic rings. The summed E-state index contributed by atoms with van der Waals surface area (Å²) in [5.74, 6) is 4.07. The molecule has 13 nitrogen and oxygen atoms in total. The molecule has 2 aromatic heterocycles. The smallest absolute Gasteiger partial charge is 0.394 e. The number of nitrogens with zero attached hydrogens (tertiary/aromatic N) is 4. The third-order valence-electron chi connectivity index (χ3n) is 5.90. The van der Waals surface area contributed by atoms with E-state index < -0.39 is 40.8 Å². The molecule has 0 bridgehead atoms. The van der Waals surface area contributed by atoms with Crippen LogP contribution < -0.4 is 10.9 Å². The van der Waals surface area contributed by atoms with Crippen LogP contribution in [0.4, 0.5) is 19.1 Å². The van der Waals surface area contributed by atoms with Gasteiger partial charge >= 0.3 is 12.1 Å². The van der Waals surface area contributed by atoms with E-state index in [0.717, 1.165) is 0 Å². The van der Waals surface area contributed by atoms with Gasteiger partial charge in [-0.25, -0.2) is 4.99 Å². The number of fused-ring (bicyclic) bond motifs is 1. The predicted octanol–water partition coefficient (Wildman–Crippen LogP) is 2.38. The highest BCUT2D eigenvalue weighted by Gasteiger charge is 2.39. The number of amides is 1. The largest absolute Gasteiger partial charge is 0.471 e. The number of carbonyl (C=O) groups excluding carboxylic acids is 1. The second-order valence-electron chi connectivity index (χ2n) is 10.3. The van der Waals surface area contributed by atoms with Crippen molar-refractivity contribution in [3.05, 3.63) is 22.1 Å². The molecule has 3 N–H and O–H groups in total. The molecule has 1 aliphatic rings. The minimum absolute atomic E-state index is 0.00145. The SMILES string of the molecule is COCOC1C[C@H](n2cc(C#CCOCSSC(C)(C)CNC(=O)C(F)(F)F)c3c(=O)[nH]c(N=CN(C)C)nc32)O[C@@H]1CO. The van der Waals surface area contributed by atoms with Gasteiger partial charge in [0.1, 0.15) is 31.7 Å². The number of aliphatic hydroxyl groups excluding tert-OH is 1. The molecule has 3 heterocycles. The number of hydrogen-bond donors (Lipinski definition) is 3. The summed E-state index contributed by atoms with van der Waals surface area (Å²) < 4.78 is 60.4. The van der Waals surface area contributed by atoms with Gasteiger partial charge in [0.2, 0.25) is 5.95 Å². The second-order valence-corrected chi connectivity index (χ2v) is 13.3. The Morgan fingerprint density at radius 2 is 2.16 bits per heavy atom. The van der Waals surface area contributed by atoms with Crippen molar-refractivity contribution in [3.63, 3.8) is 0 Å². The van der Waals surface area contributed by atoms with Gasteiger partial charge in [-0.2, -0.15) is 18.2 Å². The number of ether oxygens (including phenoxy) is 4. The molecule has 1 fully saturated rings. The van der Waals surface area contributed by atoms with E-state index in [4.69, 9.17) is 18.9 Å². The lowest BCUT2D eigenvalue weighted by molar-refractivity contribution is -0.173. The molecule has 0 saturated carbocycles. The summed E-state index contributed by atoms with van der Waals surface area (Å²) in [5.41, 5.74) is 0.195. The highest BCUT2D eigenvalue weighted by Crippen LogP contribution is 2.36. The first kappa shape index (κ1) is 35.7. The van der Waals surface area contributed by atoms with Gasteiger partial charge in [-0.05, 0) is 13.8 Å². The van der Waals surface area contributed by atoms with E-state index in [1.54, 1.807) is 43.6 Å². The van der Waals surface area contributed by atoms with Crippen LogP contribution in [0.25, 0.3) is 11.0 Å². The number of H-pyrrole nitrogens is 1. The Labute approximate surface area is 259 Å². The fourth-order valence-electron chi connectivity index (χ4n) is 3.92. The highest BCUT2D eigenvalue weighted by atomic mass is 33.1. The van der Waals surface area contributed by atoms with Gasteiger partial charge in [-0.1, -0.05) is 33.4 Å². The van der Waals surface area contributed by atoms with E-state index in [1.807, 2.05) is 5.32 Å². The molecule has 3 rings (SSSR count). The van der Waals surface area contributed by atoms with E-state index in [9.17, 15) is 27.9 Å². The van der Waals surface area contributed by atoms with Crippen LogP contribution in [0.5, 0.6) is 0 Å². The van der Waals surface area contributed by atoms with Crippen LogP contribution in [0.1, 0.15) is 32.1 Å². The lowest BCUT2D eigenvalue weighted by atomic mass is 10.2. The summed E-state index contributed by atoms with van der Waals surface area (Å²) in [5, 5.41) is 11.9. The zero-order chi connectivity index (χ0) is 32.5. The van der Waals surface area contributed by atoms with Crippen molar-refractivity contribution in [2.75, 3.05) is 53.7 Å². The third kappa shape index (κ3) is 10.1. The molecule has 0 aliphatic carbocycles. The van der Waals surface area contributed by atoms with Crippen LogP contribution >= 0.6 is 21.6 Å². The summed E-state index contributed by atoms with van der Waals surface area (Å²) in [6, 6.07) is 0. The Morgan fingerprint density at radius 3 is 2.82 bits per heavy atom. The number of alkyl halides is 3. The van der Waals surface area contributed by atoms with Gasteiger partial charge in [-0.3, -0.25) is 14.6 Å². The number of nitrogens with one attached hydrogen (secondary N) is 2. The minimum atomic E-state index is -4.93. The Bertz CT molecular complexity index is 1420. The molecule has 44 heavy (non-hydrogen) atoms. The van der Waals surface area contributed by atoms with E-state index in [1.165, 1.54) is 35.0 Å². The number of aromatic amines is 1. The summed E-state index contributed by atoms with van der Waals surface area (Å²) in [7, 11) is 7.56. The lowest BCUT2D eigenvalue weighted by Gasteiger charge is -2.23. The predicted molar refractivity (Wildman–Crippen MR) is 161 cm³/mol. The van der Waals surface area contributed by atoms with Crippen molar-refractivity contribution in [2.45, 2.75) is 49.6 Å². The zero-order valence-electron chi connectivity index (χ0n) is 24.8. The normalized spacial score (nSPS) is 19.0. The van der Waals surface area contributed by atoms with Crippen LogP contribution in [0.2, 0.25) is 0 Å². The Hall–Kier alpha value is -2.79. The molecule has 18 heteroatoms. The van der Waals surface area contributed by atoms with E-state index in [2.05, 4.69) is 26.8 Å². The van der Waals surface area contributed by atoms with E-state index in [-0.39, 0.29) is 49.5 Å². The van der Waals surface area contributed by atoms with E-state index >= 15 is 0 Å². The van der Waals surface area contributed by atoms with Crippen molar-refractivity contribution < 1.29 is 42.0 Å². The Balaban J connectivity index is 1.72. The maximum atomic E-state index is 13.1. The first-order valence-electron chi connectivity index (χ1n) is 13.2. The topological polar surface area (TPSA) is 153 Å². The summed E-state index contributed by atoms with van der Waals surface area (Å²) in [4.78, 5) is 37.2. The summed E-state index contributed by atoms with van der Waals surface area (Å²) in [6.07, 6.45) is -3.15. The summed E-state index contributed by atoms with van der Waals surface area (Å²) >= 11 is 0. The minimum Gasteiger partial charge on any atom is -0.394 e. The number of hydrogen-bond acceptors (Lipinski definition) is 11. The van der Waals surface area contributed by atoms with Crippen molar-refractivity contribution in [1.29, 1.82) is 0 Å². The first-order chi connectivity index (χ1) is 20.8.